The van der Waals surface area contributed by atoms with Crippen LogP contribution in [0.2, 0.25) is 0 Å². The molecule has 0 aromatic carbocycles. The van der Waals surface area contributed by atoms with E-state index in [1.807, 2.05) is 0 Å². The summed E-state index contributed by atoms with van der Waals surface area (Å²) in [6.07, 6.45) is 6.14. The Labute approximate surface area is 112 Å². The van der Waals surface area contributed by atoms with Crippen LogP contribution in [0, 0.1) is 10.8 Å². The van der Waals surface area contributed by atoms with Crippen molar-refractivity contribution in [2.24, 2.45) is 10.8 Å². The van der Waals surface area contributed by atoms with E-state index in [1.54, 1.807) is 0 Å². The molecule has 1 atom stereocenters. The van der Waals surface area contributed by atoms with Crippen LogP contribution in [-0.2, 0) is 9.53 Å². The van der Waals surface area contributed by atoms with Gasteiger partial charge in [0.1, 0.15) is 5.60 Å². The highest BCUT2D eigenvalue weighted by molar-refractivity contribution is 5.76. The van der Waals surface area contributed by atoms with Crippen LogP contribution in [0.1, 0.15) is 80.1 Å². The van der Waals surface area contributed by atoms with Gasteiger partial charge in [-0.2, -0.15) is 0 Å². The first-order valence-corrected chi connectivity index (χ1v) is 7.34. The Hall–Kier alpha value is -0.530. The summed E-state index contributed by atoms with van der Waals surface area (Å²) < 4.78 is 5.86. The first-order chi connectivity index (χ1) is 8.10. The van der Waals surface area contributed by atoms with Crippen LogP contribution in [-0.4, -0.2) is 11.6 Å². The maximum Gasteiger partial charge on any atom is 0.312 e. The predicted octanol–water partition coefficient (Wildman–Crippen LogP) is 4.71. The van der Waals surface area contributed by atoms with Crippen LogP contribution in [0.3, 0.4) is 0 Å². The van der Waals surface area contributed by atoms with Crippen LogP contribution in [0.5, 0.6) is 0 Å². The lowest BCUT2D eigenvalue weighted by atomic mass is 9.73. The number of rotatable bonds is 4. The standard InChI is InChI=1S/C16H30O2/c1-7-15(5,12-14(2,3)4)13(17)18-16(6)10-8-9-11-16/h7-12H2,1-6H3. The molecule has 0 spiro atoms. The van der Waals surface area contributed by atoms with Gasteiger partial charge < -0.3 is 4.74 Å². The highest BCUT2D eigenvalue weighted by Gasteiger charge is 2.41. The van der Waals surface area contributed by atoms with Gasteiger partial charge in [-0.1, -0.05) is 27.7 Å². The lowest BCUT2D eigenvalue weighted by molar-refractivity contribution is -0.171. The number of carbonyl (C=O) groups is 1. The van der Waals surface area contributed by atoms with E-state index in [-0.39, 0.29) is 22.4 Å². The Kier molecular flexibility index (Phi) is 4.51. The first kappa shape index (κ1) is 15.5. The van der Waals surface area contributed by atoms with Crippen molar-refractivity contribution in [2.45, 2.75) is 85.7 Å². The highest BCUT2D eigenvalue weighted by Crippen LogP contribution is 2.40. The summed E-state index contributed by atoms with van der Waals surface area (Å²) in [5.74, 6) is 0.00400. The van der Waals surface area contributed by atoms with Crippen molar-refractivity contribution in [3.05, 3.63) is 0 Å². The molecule has 1 aliphatic rings. The second kappa shape index (κ2) is 5.22. The largest absolute Gasteiger partial charge is 0.459 e. The van der Waals surface area contributed by atoms with Gasteiger partial charge in [0.05, 0.1) is 5.41 Å². The third kappa shape index (κ3) is 4.00. The average molecular weight is 254 g/mol. The molecule has 1 fully saturated rings. The van der Waals surface area contributed by atoms with Crippen molar-refractivity contribution in [1.29, 1.82) is 0 Å². The number of carbonyl (C=O) groups excluding carboxylic acids is 1. The molecule has 1 unspecified atom stereocenters. The van der Waals surface area contributed by atoms with E-state index in [1.165, 1.54) is 12.8 Å². The molecular formula is C16H30O2. The Morgan fingerprint density at radius 2 is 1.67 bits per heavy atom. The fourth-order valence-electron chi connectivity index (χ4n) is 3.08. The molecule has 1 saturated carbocycles. The lowest BCUT2D eigenvalue weighted by Crippen LogP contribution is -2.39. The second-order valence-corrected chi connectivity index (χ2v) is 7.70. The molecule has 0 N–H and O–H groups in total. The Morgan fingerprint density at radius 1 is 1.17 bits per heavy atom. The number of hydrogen-bond acceptors (Lipinski definition) is 2. The number of esters is 1. The molecule has 106 valence electrons. The SMILES string of the molecule is CCC(C)(CC(C)(C)C)C(=O)OC1(C)CCCC1. The molecule has 2 nitrogen and oxygen atoms in total. The molecule has 0 saturated heterocycles. The summed E-state index contributed by atoms with van der Waals surface area (Å²) in [5, 5.41) is 0. The maximum atomic E-state index is 12.5. The minimum Gasteiger partial charge on any atom is -0.459 e. The van der Waals surface area contributed by atoms with E-state index in [9.17, 15) is 4.79 Å². The summed E-state index contributed by atoms with van der Waals surface area (Å²) in [6, 6.07) is 0. The highest BCUT2D eigenvalue weighted by atomic mass is 16.6. The van der Waals surface area contributed by atoms with Crippen LogP contribution < -0.4 is 0 Å². The first-order valence-electron chi connectivity index (χ1n) is 7.34. The van der Waals surface area contributed by atoms with E-state index < -0.39 is 0 Å². The van der Waals surface area contributed by atoms with Gasteiger partial charge in [-0.3, -0.25) is 4.79 Å². The van der Waals surface area contributed by atoms with Crippen molar-refractivity contribution in [2.75, 3.05) is 0 Å². The number of hydrogen-bond donors (Lipinski definition) is 0. The van der Waals surface area contributed by atoms with Gasteiger partial charge in [0.2, 0.25) is 0 Å². The van der Waals surface area contributed by atoms with Gasteiger partial charge in [0.15, 0.2) is 0 Å². The van der Waals surface area contributed by atoms with Gasteiger partial charge >= 0.3 is 5.97 Å². The Balaban J connectivity index is 2.72. The minimum absolute atomic E-state index is 0.00400. The average Bonchev–Trinajstić information content (AvgIpc) is 2.62. The molecular weight excluding hydrogens is 224 g/mol. The summed E-state index contributed by atoms with van der Waals surface area (Å²) in [5.41, 5.74) is -0.393. The van der Waals surface area contributed by atoms with Crippen molar-refractivity contribution in [3.63, 3.8) is 0 Å². The molecule has 1 aliphatic carbocycles. The predicted molar refractivity (Wildman–Crippen MR) is 75.4 cm³/mol. The molecule has 0 aliphatic heterocycles. The van der Waals surface area contributed by atoms with E-state index in [4.69, 9.17) is 4.74 Å². The molecule has 0 amide bonds. The minimum atomic E-state index is -0.343. The van der Waals surface area contributed by atoms with E-state index >= 15 is 0 Å². The molecule has 0 aromatic rings. The van der Waals surface area contributed by atoms with Crippen molar-refractivity contribution < 1.29 is 9.53 Å². The topological polar surface area (TPSA) is 26.3 Å². The molecule has 0 heterocycles. The van der Waals surface area contributed by atoms with Gasteiger partial charge in [-0.15, -0.1) is 0 Å². The van der Waals surface area contributed by atoms with Crippen LogP contribution >= 0.6 is 0 Å². The molecule has 0 bridgehead atoms. The normalized spacial score (nSPS) is 22.6. The van der Waals surface area contributed by atoms with Gasteiger partial charge in [-0.05, 0) is 57.8 Å². The summed E-state index contributed by atoms with van der Waals surface area (Å²) in [4.78, 5) is 12.5. The third-order valence-electron chi connectivity index (χ3n) is 4.19. The van der Waals surface area contributed by atoms with Crippen LogP contribution in [0.25, 0.3) is 0 Å². The molecule has 1 rings (SSSR count). The van der Waals surface area contributed by atoms with Gasteiger partial charge in [-0.25, -0.2) is 0 Å². The molecule has 0 aromatic heterocycles. The molecule has 18 heavy (non-hydrogen) atoms. The quantitative estimate of drug-likeness (QED) is 0.679. The van der Waals surface area contributed by atoms with Gasteiger partial charge in [0.25, 0.3) is 0 Å². The summed E-state index contributed by atoms with van der Waals surface area (Å²) >= 11 is 0. The van der Waals surface area contributed by atoms with E-state index in [0.29, 0.717) is 0 Å². The maximum absolute atomic E-state index is 12.5. The monoisotopic (exact) mass is 254 g/mol. The van der Waals surface area contributed by atoms with E-state index in [0.717, 1.165) is 25.7 Å². The van der Waals surface area contributed by atoms with Crippen molar-refractivity contribution in [1.82, 2.24) is 0 Å². The molecule has 0 radical (unpaired) electrons. The van der Waals surface area contributed by atoms with Crippen LogP contribution in [0.15, 0.2) is 0 Å². The van der Waals surface area contributed by atoms with Crippen LogP contribution in [0.4, 0.5) is 0 Å². The lowest BCUT2D eigenvalue weighted by Gasteiger charge is -2.36. The zero-order valence-electron chi connectivity index (χ0n) is 13.1. The third-order valence-corrected chi connectivity index (χ3v) is 4.19. The fourth-order valence-corrected chi connectivity index (χ4v) is 3.08. The molecule has 2 heteroatoms. The Morgan fingerprint density at radius 3 is 2.06 bits per heavy atom. The zero-order chi connectivity index (χ0) is 14.0. The van der Waals surface area contributed by atoms with Crippen molar-refractivity contribution >= 4 is 5.97 Å². The summed E-state index contributed by atoms with van der Waals surface area (Å²) in [7, 11) is 0. The smallest absolute Gasteiger partial charge is 0.312 e. The number of ether oxygens (including phenoxy) is 1. The van der Waals surface area contributed by atoms with Gasteiger partial charge in [0, 0.05) is 0 Å². The Bertz CT molecular complexity index is 295. The summed E-state index contributed by atoms with van der Waals surface area (Å²) in [6.45, 7) is 12.8. The fraction of sp³-hybridized carbons (Fsp3) is 0.938. The zero-order valence-corrected chi connectivity index (χ0v) is 13.1. The van der Waals surface area contributed by atoms with Crippen molar-refractivity contribution in [3.8, 4) is 0 Å². The second-order valence-electron chi connectivity index (χ2n) is 7.70. The van der Waals surface area contributed by atoms with E-state index in [2.05, 4.69) is 41.5 Å².